The summed E-state index contributed by atoms with van der Waals surface area (Å²) in [5, 5.41) is 2.85. The maximum absolute atomic E-state index is 12.4. The Morgan fingerprint density at radius 2 is 1.70 bits per heavy atom. The topological polar surface area (TPSA) is 75.7 Å². The van der Waals surface area contributed by atoms with Crippen LogP contribution in [0.25, 0.3) is 0 Å². The molecule has 6 heteroatoms. The summed E-state index contributed by atoms with van der Waals surface area (Å²) >= 11 is 0. The van der Waals surface area contributed by atoms with Gasteiger partial charge in [0.1, 0.15) is 6.10 Å². The van der Waals surface area contributed by atoms with Gasteiger partial charge in [0.05, 0.1) is 11.1 Å². The Balaban J connectivity index is 1.35. The molecule has 2 aliphatic rings. The fourth-order valence-electron chi connectivity index (χ4n) is 3.45. The molecular formula is C21H20N2O4. The van der Waals surface area contributed by atoms with Gasteiger partial charge in [-0.25, -0.2) is 0 Å². The third-order valence-electron chi connectivity index (χ3n) is 4.95. The number of amides is 3. The van der Waals surface area contributed by atoms with Gasteiger partial charge < -0.3 is 10.1 Å². The van der Waals surface area contributed by atoms with Crippen molar-refractivity contribution in [3.05, 3.63) is 65.2 Å². The predicted molar refractivity (Wildman–Crippen MR) is 99.6 cm³/mol. The van der Waals surface area contributed by atoms with E-state index >= 15 is 0 Å². The highest BCUT2D eigenvalue weighted by molar-refractivity contribution is 6.21. The van der Waals surface area contributed by atoms with Crippen molar-refractivity contribution in [3.8, 4) is 0 Å². The lowest BCUT2D eigenvalue weighted by Crippen LogP contribution is -2.31. The molecule has 3 amide bonds. The van der Waals surface area contributed by atoms with Crippen LogP contribution in [0.4, 0.5) is 5.69 Å². The van der Waals surface area contributed by atoms with Crippen molar-refractivity contribution in [1.29, 1.82) is 0 Å². The Hall–Kier alpha value is -2.99. The van der Waals surface area contributed by atoms with Crippen molar-refractivity contribution in [3.63, 3.8) is 0 Å². The van der Waals surface area contributed by atoms with Crippen LogP contribution >= 0.6 is 0 Å². The van der Waals surface area contributed by atoms with Crippen molar-refractivity contribution in [2.45, 2.75) is 25.4 Å². The number of carbonyl (C=O) groups is 3. The van der Waals surface area contributed by atoms with E-state index in [-0.39, 0.29) is 23.8 Å². The van der Waals surface area contributed by atoms with Crippen molar-refractivity contribution in [2.75, 3.05) is 18.5 Å². The number of benzene rings is 2. The molecule has 0 spiro atoms. The van der Waals surface area contributed by atoms with Crippen LogP contribution in [0, 0.1) is 0 Å². The fraction of sp³-hybridized carbons (Fsp3) is 0.286. The molecule has 4 rings (SSSR count). The molecule has 1 fully saturated rings. The normalized spacial score (nSPS) is 18.7. The van der Waals surface area contributed by atoms with Crippen LogP contribution < -0.4 is 5.32 Å². The minimum absolute atomic E-state index is 0.119. The molecule has 0 saturated carbocycles. The molecule has 1 atom stereocenters. The van der Waals surface area contributed by atoms with Crippen molar-refractivity contribution in [2.24, 2.45) is 0 Å². The molecule has 27 heavy (non-hydrogen) atoms. The average molecular weight is 364 g/mol. The molecule has 0 radical (unpaired) electrons. The van der Waals surface area contributed by atoms with Crippen molar-refractivity contribution < 1.29 is 19.1 Å². The first-order valence-electron chi connectivity index (χ1n) is 9.10. The van der Waals surface area contributed by atoms with Gasteiger partial charge in [0.15, 0.2) is 0 Å². The Bertz CT molecular complexity index is 850. The third kappa shape index (κ3) is 3.48. The molecule has 0 aromatic heterocycles. The van der Waals surface area contributed by atoms with Gasteiger partial charge in [-0.1, -0.05) is 24.3 Å². The first-order valence-corrected chi connectivity index (χ1v) is 9.10. The highest BCUT2D eigenvalue weighted by Crippen LogP contribution is 2.23. The largest absolute Gasteiger partial charge is 0.368 e. The number of hydrogen-bond acceptors (Lipinski definition) is 4. The molecule has 2 aromatic carbocycles. The van der Waals surface area contributed by atoms with E-state index in [1.807, 2.05) is 24.3 Å². The van der Waals surface area contributed by atoms with Crippen LogP contribution in [0.2, 0.25) is 0 Å². The van der Waals surface area contributed by atoms with E-state index in [4.69, 9.17) is 4.74 Å². The monoisotopic (exact) mass is 364 g/mol. The summed E-state index contributed by atoms with van der Waals surface area (Å²) in [6.07, 6.45) is 1.86. The predicted octanol–water partition coefficient (Wildman–Crippen LogP) is 2.64. The van der Waals surface area contributed by atoms with Gasteiger partial charge in [0.25, 0.3) is 17.7 Å². The summed E-state index contributed by atoms with van der Waals surface area (Å²) in [5.74, 6) is -0.599. The highest BCUT2D eigenvalue weighted by atomic mass is 16.5. The summed E-state index contributed by atoms with van der Waals surface area (Å²) in [6, 6.07) is 14.3. The lowest BCUT2D eigenvalue weighted by atomic mass is 10.1. The summed E-state index contributed by atoms with van der Waals surface area (Å²) in [4.78, 5) is 38.1. The number of nitrogens with one attached hydrogen (secondary N) is 1. The minimum atomic E-state index is -0.362. The molecule has 2 aliphatic heterocycles. The lowest BCUT2D eigenvalue weighted by Gasteiger charge is -2.14. The number of carbonyl (C=O) groups excluding carboxylic acids is 3. The molecule has 2 heterocycles. The van der Waals surface area contributed by atoms with Gasteiger partial charge in [-0.15, -0.1) is 0 Å². The van der Waals surface area contributed by atoms with E-state index in [0.717, 1.165) is 18.4 Å². The maximum Gasteiger partial charge on any atom is 0.261 e. The molecule has 1 unspecified atom stereocenters. The van der Waals surface area contributed by atoms with Crippen LogP contribution in [-0.2, 0) is 16.0 Å². The highest BCUT2D eigenvalue weighted by Gasteiger charge is 2.34. The van der Waals surface area contributed by atoms with Crippen LogP contribution in [0.15, 0.2) is 48.5 Å². The van der Waals surface area contributed by atoms with Gasteiger partial charge in [0, 0.05) is 18.8 Å². The van der Waals surface area contributed by atoms with E-state index in [9.17, 15) is 14.4 Å². The number of fused-ring (bicyclic) bond motifs is 1. The Labute approximate surface area is 157 Å². The summed E-state index contributed by atoms with van der Waals surface area (Å²) in [6.45, 7) is 0.961. The maximum atomic E-state index is 12.4. The molecule has 138 valence electrons. The SMILES string of the molecule is O=C(Nc1ccc(CCN2C(=O)c3ccccc3C2=O)cc1)C1CCCO1. The number of hydrogen-bond donors (Lipinski definition) is 1. The Morgan fingerprint density at radius 1 is 1.04 bits per heavy atom. The van der Waals surface area contributed by atoms with E-state index in [2.05, 4.69) is 5.32 Å². The number of anilines is 1. The van der Waals surface area contributed by atoms with Crippen LogP contribution in [-0.4, -0.2) is 41.9 Å². The minimum Gasteiger partial charge on any atom is -0.368 e. The van der Waals surface area contributed by atoms with Gasteiger partial charge in [-0.3, -0.25) is 19.3 Å². The van der Waals surface area contributed by atoms with Crippen molar-refractivity contribution in [1.82, 2.24) is 4.90 Å². The van der Waals surface area contributed by atoms with Crippen LogP contribution in [0.1, 0.15) is 39.1 Å². The molecule has 2 aromatic rings. The lowest BCUT2D eigenvalue weighted by molar-refractivity contribution is -0.124. The quantitative estimate of drug-likeness (QED) is 0.828. The molecular weight excluding hydrogens is 344 g/mol. The zero-order valence-corrected chi connectivity index (χ0v) is 14.8. The van der Waals surface area contributed by atoms with Crippen LogP contribution in [0.3, 0.4) is 0 Å². The van der Waals surface area contributed by atoms with Gasteiger partial charge in [0.2, 0.25) is 0 Å². The Kier molecular flexibility index (Phi) is 4.73. The molecule has 0 aliphatic carbocycles. The smallest absolute Gasteiger partial charge is 0.261 e. The Morgan fingerprint density at radius 3 is 2.30 bits per heavy atom. The average Bonchev–Trinajstić information content (AvgIpc) is 3.31. The zero-order valence-electron chi connectivity index (χ0n) is 14.8. The van der Waals surface area contributed by atoms with Gasteiger partial charge >= 0.3 is 0 Å². The second kappa shape index (κ2) is 7.32. The van der Waals surface area contributed by atoms with E-state index < -0.39 is 0 Å². The van der Waals surface area contributed by atoms with E-state index in [0.29, 0.717) is 36.4 Å². The molecule has 0 bridgehead atoms. The third-order valence-corrected chi connectivity index (χ3v) is 4.95. The van der Waals surface area contributed by atoms with Crippen molar-refractivity contribution >= 4 is 23.4 Å². The van der Waals surface area contributed by atoms with E-state index in [1.54, 1.807) is 24.3 Å². The summed E-state index contributed by atoms with van der Waals surface area (Å²) in [7, 11) is 0. The number of nitrogens with zero attached hydrogens (tertiary/aromatic N) is 1. The first kappa shape index (κ1) is 17.4. The van der Waals surface area contributed by atoms with Gasteiger partial charge in [-0.2, -0.15) is 0 Å². The number of ether oxygens (including phenoxy) is 1. The second-order valence-electron chi connectivity index (χ2n) is 6.75. The standard InChI is InChI=1S/C21H20N2O4/c24-19(18-6-3-13-27-18)22-15-9-7-14(8-10-15)11-12-23-20(25)16-4-1-2-5-17(16)21(23)26/h1-2,4-5,7-10,18H,3,6,11-13H2,(H,22,24). The first-order chi connectivity index (χ1) is 13.1. The molecule has 1 N–H and O–H groups in total. The van der Waals surface area contributed by atoms with E-state index in [1.165, 1.54) is 4.90 Å². The number of imide groups is 1. The zero-order chi connectivity index (χ0) is 18.8. The fourth-order valence-corrected chi connectivity index (χ4v) is 3.45. The van der Waals surface area contributed by atoms with Gasteiger partial charge in [-0.05, 0) is 49.1 Å². The summed E-state index contributed by atoms with van der Waals surface area (Å²) < 4.78 is 5.37. The second-order valence-corrected chi connectivity index (χ2v) is 6.75. The molecule has 6 nitrogen and oxygen atoms in total. The molecule has 1 saturated heterocycles. The van der Waals surface area contributed by atoms with Crippen LogP contribution in [0.5, 0.6) is 0 Å². The summed E-state index contributed by atoms with van der Waals surface area (Å²) in [5.41, 5.74) is 2.63. The number of rotatable bonds is 5.